The Labute approximate surface area is 194 Å². The number of aromatic nitrogens is 1. The molecule has 34 heavy (non-hydrogen) atoms. The second-order valence-corrected chi connectivity index (χ2v) is 7.90. The Hall–Kier alpha value is -3.03. The molecule has 3 rings (SSSR count). The van der Waals surface area contributed by atoms with Gasteiger partial charge in [0.15, 0.2) is 6.23 Å². The van der Waals surface area contributed by atoms with Gasteiger partial charge in [-0.25, -0.2) is 4.79 Å². The third-order valence-corrected chi connectivity index (χ3v) is 5.73. The minimum absolute atomic E-state index is 0.195. The van der Waals surface area contributed by atoms with E-state index in [1.54, 1.807) is 30.5 Å². The summed E-state index contributed by atoms with van der Waals surface area (Å²) in [5.41, 5.74) is 1.07. The fourth-order valence-corrected chi connectivity index (χ4v) is 3.94. The molecule has 1 unspecified atom stereocenters. The summed E-state index contributed by atoms with van der Waals surface area (Å²) in [6, 6.07) is 5.70. The molecule has 0 bridgehead atoms. The van der Waals surface area contributed by atoms with Gasteiger partial charge in [-0.3, -0.25) is 9.59 Å². The molecule has 1 saturated heterocycles. The van der Waals surface area contributed by atoms with Crippen molar-refractivity contribution < 1.29 is 49.0 Å². The van der Waals surface area contributed by atoms with Gasteiger partial charge in [0.25, 0.3) is 0 Å². The first-order valence-electron chi connectivity index (χ1n) is 10.5. The van der Waals surface area contributed by atoms with Crippen LogP contribution in [0.15, 0.2) is 30.5 Å². The van der Waals surface area contributed by atoms with Crippen LogP contribution in [-0.2, 0) is 35.0 Å². The summed E-state index contributed by atoms with van der Waals surface area (Å²) in [6.45, 7) is -0.578. The first kappa shape index (κ1) is 25.6. The molecule has 1 aromatic carbocycles. The highest BCUT2D eigenvalue weighted by atomic mass is 16.6. The molecule has 186 valence electrons. The van der Waals surface area contributed by atoms with Gasteiger partial charge >= 0.3 is 11.9 Å². The highest BCUT2D eigenvalue weighted by Gasteiger charge is 2.44. The van der Waals surface area contributed by atoms with Crippen LogP contribution in [0.3, 0.4) is 0 Å². The molecule has 5 N–H and O–H groups in total. The molecule has 2 heterocycles. The van der Waals surface area contributed by atoms with Gasteiger partial charge in [-0.15, -0.1) is 0 Å². The summed E-state index contributed by atoms with van der Waals surface area (Å²) in [7, 11) is 2.29. The van der Waals surface area contributed by atoms with Gasteiger partial charge in [-0.1, -0.05) is 18.2 Å². The van der Waals surface area contributed by atoms with E-state index >= 15 is 0 Å². The molecule has 12 heteroatoms. The van der Waals surface area contributed by atoms with Gasteiger partial charge in [0.05, 0.1) is 39.2 Å². The number of carbonyl (C=O) groups excluding carboxylic acids is 3. The van der Waals surface area contributed by atoms with Crippen LogP contribution in [0, 0.1) is 0 Å². The van der Waals surface area contributed by atoms with Gasteiger partial charge in [0.2, 0.25) is 5.91 Å². The molecule has 1 amide bonds. The lowest BCUT2D eigenvalue weighted by Crippen LogP contribution is -2.56. The summed E-state index contributed by atoms with van der Waals surface area (Å²) in [4.78, 5) is 36.3. The average Bonchev–Trinajstić information content (AvgIpc) is 3.19. The zero-order valence-electron chi connectivity index (χ0n) is 18.7. The fraction of sp³-hybridized carbons (Fsp3) is 0.500. The number of rotatable bonds is 8. The Morgan fingerprint density at radius 2 is 1.79 bits per heavy atom. The van der Waals surface area contributed by atoms with Crippen molar-refractivity contribution in [2.24, 2.45) is 0 Å². The number of amides is 1. The SMILES string of the molecule is COC(=O)CC(NC(=O)Cc1cn([C@@H]2O[C@H](CO)[C@@H](O)[C@H](O)[C@H]2O)c2ccccc12)C(=O)OC. The number of aliphatic hydroxyl groups is 4. The van der Waals surface area contributed by atoms with E-state index in [1.165, 1.54) is 4.57 Å². The summed E-state index contributed by atoms with van der Waals surface area (Å²) in [6.07, 6.45) is -5.89. The Morgan fingerprint density at radius 3 is 2.44 bits per heavy atom. The molecular weight excluding hydrogens is 452 g/mol. The average molecular weight is 480 g/mol. The van der Waals surface area contributed by atoms with Gasteiger partial charge in [-0.2, -0.15) is 0 Å². The van der Waals surface area contributed by atoms with Crippen LogP contribution in [0.1, 0.15) is 18.2 Å². The maximum Gasteiger partial charge on any atom is 0.328 e. The predicted molar refractivity (Wildman–Crippen MR) is 115 cm³/mol. The molecule has 6 atom stereocenters. The normalized spacial score (nSPS) is 25.5. The number of ether oxygens (including phenoxy) is 3. The van der Waals surface area contributed by atoms with Crippen molar-refractivity contribution in [2.45, 2.75) is 49.5 Å². The van der Waals surface area contributed by atoms with Crippen LogP contribution in [0.5, 0.6) is 0 Å². The first-order valence-corrected chi connectivity index (χ1v) is 10.5. The summed E-state index contributed by atoms with van der Waals surface area (Å²) < 4.78 is 16.3. The second kappa shape index (κ2) is 10.9. The predicted octanol–water partition coefficient (Wildman–Crippen LogP) is -1.62. The Balaban J connectivity index is 1.88. The van der Waals surface area contributed by atoms with Crippen LogP contribution in [-0.4, -0.2) is 94.1 Å². The smallest absolute Gasteiger partial charge is 0.328 e. The van der Waals surface area contributed by atoms with Crippen LogP contribution in [0.25, 0.3) is 10.9 Å². The van der Waals surface area contributed by atoms with Crippen molar-refractivity contribution >= 4 is 28.7 Å². The molecule has 0 radical (unpaired) electrons. The van der Waals surface area contributed by atoms with Crippen LogP contribution >= 0.6 is 0 Å². The van der Waals surface area contributed by atoms with Crippen molar-refractivity contribution in [1.82, 2.24) is 9.88 Å². The van der Waals surface area contributed by atoms with Crippen molar-refractivity contribution in [3.8, 4) is 0 Å². The van der Waals surface area contributed by atoms with E-state index in [9.17, 15) is 34.8 Å². The van der Waals surface area contributed by atoms with Crippen LogP contribution in [0.4, 0.5) is 0 Å². The van der Waals surface area contributed by atoms with Gasteiger partial charge in [0.1, 0.15) is 30.5 Å². The van der Waals surface area contributed by atoms with E-state index in [2.05, 4.69) is 14.8 Å². The Bertz CT molecular complexity index is 1040. The molecule has 12 nitrogen and oxygen atoms in total. The topological polar surface area (TPSA) is 177 Å². The highest BCUT2D eigenvalue weighted by Crippen LogP contribution is 2.33. The van der Waals surface area contributed by atoms with E-state index in [1.807, 2.05) is 0 Å². The number of esters is 2. The largest absolute Gasteiger partial charge is 0.469 e. The Morgan fingerprint density at radius 1 is 1.09 bits per heavy atom. The maximum atomic E-state index is 12.7. The van der Waals surface area contributed by atoms with E-state index in [0.29, 0.717) is 16.5 Å². The molecule has 1 aliphatic heterocycles. The number of nitrogens with zero attached hydrogens (tertiary/aromatic N) is 1. The standard InChI is InChI=1S/C22H28N2O10/c1-32-17(27)8-13(22(31)33-2)23-16(26)7-11-9-24(14-6-4-3-5-12(11)14)21-20(30)19(29)18(28)15(10-25)34-21/h3-6,9,13,15,18-21,25,28-30H,7-8,10H2,1-2H3,(H,23,26)/t13?,15-,18-,19+,20-,21-/m1/s1. The molecule has 0 aliphatic carbocycles. The zero-order valence-corrected chi connectivity index (χ0v) is 18.7. The first-order chi connectivity index (χ1) is 16.2. The third kappa shape index (κ3) is 5.21. The van der Waals surface area contributed by atoms with E-state index in [0.717, 1.165) is 14.2 Å². The number of hydrogen-bond donors (Lipinski definition) is 5. The van der Waals surface area contributed by atoms with E-state index in [-0.39, 0.29) is 6.42 Å². The van der Waals surface area contributed by atoms with Crippen LogP contribution in [0.2, 0.25) is 0 Å². The minimum atomic E-state index is -1.57. The lowest BCUT2D eigenvalue weighted by Gasteiger charge is -2.40. The third-order valence-electron chi connectivity index (χ3n) is 5.73. The molecule has 1 aromatic heterocycles. The zero-order chi connectivity index (χ0) is 25.0. The van der Waals surface area contributed by atoms with E-state index in [4.69, 9.17) is 4.74 Å². The Kier molecular flexibility index (Phi) is 8.23. The minimum Gasteiger partial charge on any atom is -0.469 e. The van der Waals surface area contributed by atoms with Gasteiger partial charge in [-0.05, 0) is 11.6 Å². The summed E-state index contributed by atoms with van der Waals surface area (Å²) in [5, 5.41) is 43.3. The summed E-state index contributed by atoms with van der Waals surface area (Å²) >= 11 is 0. The second-order valence-electron chi connectivity index (χ2n) is 7.90. The fourth-order valence-electron chi connectivity index (χ4n) is 3.94. The number of para-hydroxylation sites is 1. The molecule has 1 fully saturated rings. The number of benzene rings is 1. The number of nitrogens with one attached hydrogen (secondary N) is 1. The molecule has 2 aromatic rings. The van der Waals surface area contributed by atoms with Crippen molar-refractivity contribution in [3.05, 3.63) is 36.0 Å². The quantitative estimate of drug-likeness (QED) is 0.276. The number of methoxy groups -OCH3 is 2. The highest BCUT2D eigenvalue weighted by molar-refractivity contribution is 5.92. The molecular formula is C22H28N2O10. The number of fused-ring (bicyclic) bond motifs is 1. The van der Waals surface area contributed by atoms with Gasteiger partial charge < -0.3 is 44.5 Å². The lowest BCUT2D eigenvalue weighted by atomic mass is 9.98. The molecule has 0 spiro atoms. The number of carbonyl (C=O) groups is 3. The molecule has 1 aliphatic rings. The molecule has 0 saturated carbocycles. The number of hydrogen-bond acceptors (Lipinski definition) is 10. The monoisotopic (exact) mass is 480 g/mol. The lowest BCUT2D eigenvalue weighted by molar-refractivity contribution is -0.250. The van der Waals surface area contributed by atoms with Crippen LogP contribution < -0.4 is 5.32 Å². The number of aliphatic hydroxyl groups excluding tert-OH is 4. The van der Waals surface area contributed by atoms with Gasteiger partial charge in [0, 0.05) is 11.6 Å². The maximum absolute atomic E-state index is 12.7. The van der Waals surface area contributed by atoms with Crippen molar-refractivity contribution in [2.75, 3.05) is 20.8 Å². The van der Waals surface area contributed by atoms with Crippen molar-refractivity contribution in [3.63, 3.8) is 0 Å². The van der Waals surface area contributed by atoms with Crippen molar-refractivity contribution in [1.29, 1.82) is 0 Å². The van der Waals surface area contributed by atoms with E-state index < -0.39 is 67.6 Å². The summed E-state index contributed by atoms with van der Waals surface area (Å²) in [5.74, 6) is -2.08.